The minimum Gasteiger partial charge on any atom is -0.342 e. The number of aromatic nitrogens is 4. The second-order valence-corrected chi connectivity index (χ2v) is 4.46. The average Bonchev–Trinajstić information content (AvgIpc) is 2.73. The second kappa shape index (κ2) is 3.87. The highest BCUT2D eigenvalue weighted by Gasteiger charge is 2.15. The molecule has 6 nitrogen and oxygen atoms in total. The molecule has 90 valence electrons. The lowest BCUT2D eigenvalue weighted by Crippen LogP contribution is -2.32. The van der Waals surface area contributed by atoms with E-state index in [0.717, 1.165) is 25.9 Å². The first-order valence-corrected chi connectivity index (χ1v) is 5.92. The van der Waals surface area contributed by atoms with E-state index < -0.39 is 0 Å². The third-order valence-electron chi connectivity index (χ3n) is 3.23. The van der Waals surface area contributed by atoms with Gasteiger partial charge in [0.1, 0.15) is 0 Å². The molecule has 0 unspecified atom stereocenters. The van der Waals surface area contributed by atoms with Gasteiger partial charge in [0.15, 0.2) is 11.2 Å². The molecule has 1 saturated heterocycles. The third kappa shape index (κ3) is 1.69. The maximum Gasteiger partial charge on any atom is 0.278 e. The standard InChI is InChI=1S/C11H15N5O/c1-15-7-12-9-8(15)10(17)14-11(13-9)16-5-3-2-4-6-16/h7H,2-6H2,1H3,(H,13,14,17). The number of aryl methyl sites for hydroxylation is 1. The first-order chi connectivity index (χ1) is 8.25. The van der Waals surface area contributed by atoms with Crippen molar-refractivity contribution < 1.29 is 0 Å². The number of fused-ring (bicyclic) bond motifs is 1. The van der Waals surface area contributed by atoms with Crippen molar-refractivity contribution in [3.8, 4) is 0 Å². The lowest BCUT2D eigenvalue weighted by atomic mass is 10.1. The van der Waals surface area contributed by atoms with Crippen LogP contribution in [0.25, 0.3) is 11.2 Å². The number of H-pyrrole nitrogens is 1. The van der Waals surface area contributed by atoms with Gasteiger partial charge in [0.05, 0.1) is 6.33 Å². The summed E-state index contributed by atoms with van der Waals surface area (Å²) in [7, 11) is 1.80. The molecule has 2 aromatic rings. The molecule has 0 bridgehead atoms. The molecule has 1 aliphatic rings. The van der Waals surface area contributed by atoms with Crippen molar-refractivity contribution in [2.45, 2.75) is 19.3 Å². The molecule has 2 aromatic heterocycles. The SMILES string of the molecule is Cn1cnc2nc(N3CCCCC3)[nH]c(=O)c21. The third-order valence-corrected chi connectivity index (χ3v) is 3.23. The van der Waals surface area contributed by atoms with E-state index in [1.54, 1.807) is 17.9 Å². The topological polar surface area (TPSA) is 66.8 Å². The van der Waals surface area contributed by atoms with Crippen LogP contribution < -0.4 is 10.5 Å². The zero-order valence-corrected chi connectivity index (χ0v) is 9.81. The monoisotopic (exact) mass is 233 g/mol. The van der Waals surface area contributed by atoms with E-state index in [-0.39, 0.29) is 5.56 Å². The Hall–Kier alpha value is -1.85. The van der Waals surface area contributed by atoms with E-state index in [9.17, 15) is 4.79 Å². The van der Waals surface area contributed by atoms with E-state index in [2.05, 4.69) is 19.9 Å². The average molecular weight is 233 g/mol. The zero-order chi connectivity index (χ0) is 11.8. The van der Waals surface area contributed by atoms with Gasteiger partial charge in [-0.1, -0.05) is 0 Å². The van der Waals surface area contributed by atoms with Gasteiger partial charge in [-0.05, 0) is 19.3 Å². The Kier molecular flexibility index (Phi) is 2.35. The molecule has 0 radical (unpaired) electrons. The summed E-state index contributed by atoms with van der Waals surface area (Å²) in [5.74, 6) is 0.654. The van der Waals surface area contributed by atoms with Crippen LogP contribution in [0.5, 0.6) is 0 Å². The fourth-order valence-corrected chi connectivity index (χ4v) is 2.31. The van der Waals surface area contributed by atoms with Crippen LogP contribution in [0, 0.1) is 0 Å². The van der Waals surface area contributed by atoms with Gasteiger partial charge in [-0.2, -0.15) is 4.98 Å². The van der Waals surface area contributed by atoms with Crippen LogP contribution in [-0.4, -0.2) is 32.6 Å². The van der Waals surface area contributed by atoms with Gasteiger partial charge < -0.3 is 9.47 Å². The minimum atomic E-state index is -0.115. The summed E-state index contributed by atoms with van der Waals surface area (Å²) >= 11 is 0. The van der Waals surface area contributed by atoms with Crippen LogP contribution >= 0.6 is 0 Å². The number of anilines is 1. The Bertz CT molecular complexity index is 593. The molecule has 0 amide bonds. The van der Waals surface area contributed by atoms with E-state index in [1.165, 1.54) is 6.42 Å². The number of hydrogen-bond donors (Lipinski definition) is 1. The molecule has 0 saturated carbocycles. The van der Waals surface area contributed by atoms with Crippen LogP contribution in [0.3, 0.4) is 0 Å². The number of imidazole rings is 1. The number of hydrogen-bond acceptors (Lipinski definition) is 4. The van der Waals surface area contributed by atoms with Crippen molar-refractivity contribution in [1.29, 1.82) is 0 Å². The first-order valence-electron chi connectivity index (χ1n) is 5.92. The smallest absolute Gasteiger partial charge is 0.278 e. The van der Waals surface area contributed by atoms with E-state index in [1.807, 2.05) is 0 Å². The number of piperidine rings is 1. The molecule has 0 aromatic carbocycles. The quantitative estimate of drug-likeness (QED) is 0.785. The van der Waals surface area contributed by atoms with E-state index in [4.69, 9.17) is 0 Å². The van der Waals surface area contributed by atoms with Gasteiger partial charge in [0, 0.05) is 20.1 Å². The van der Waals surface area contributed by atoms with Gasteiger partial charge in [-0.15, -0.1) is 0 Å². The van der Waals surface area contributed by atoms with Crippen molar-refractivity contribution in [3.05, 3.63) is 16.7 Å². The molecule has 1 aliphatic heterocycles. The lowest BCUT2D eigenvalue weighted by molar-refractivity contribution is 0.568. The largest absolute Gasteiger partial charge is 0.342 e. The summed E-state index contributed by atoms with van der Waals surface area (Å²) in [5.41, 5.74) is 0.943. The fraction of sp³-hybridized carbons (Fsp3) is 0.545. The molecule has 6 heteroatoms. The molecular weight excluding hydrogens is 218 g/mol. The van der Waals surface area contributed by atoms with Crippen molar-refractivity contribution in [1.82, 2.24) is 19.5 Å². The molecule has 1 N–H and O–H groups in total. The molecule has 0 aliphatic carbocycles. The van der Waals surface area contributed by atoms with Gasteiger partial charge >= 0.3 is 0 Å². The molecule has 0 spiro atoms. The van der Waals surface area contributed by atoms with Gasteiger partial charge in [0.25, 0.3) is 5.56 Å². The predicted molar refractivity (Wildman–Crippen MR) is 65.2 cm³/mol. The van der Waals surface area contributed by atoms with Crippen LogP contribution in [0.1, 0.15) is 19.3 Å². The highest BCUT2D eigenvalue weighted by molar-refractivity contribution is 5.70. The van der Waals surface area contributed by atoms with Crippen molar-refractivity contribution in [2.75, 3.05) is 18.0 Å². The summed E-state index contributed by atoms with van der Waals surface area (Å²) < 4.78 is 1.70. The summed E-state index contributed by atoms with van der Waals surface area (Å²) in [6, 6.07) is 0. The maximum absolute atomic E-state index is 11.9. The van der Waals surface area contributed by atoms with Crippen molar-refractivity contribution in [3.63, 3.8) is 0 Å². The summed E-state index contributed by atoms with van der Waals surface area (Å²) in [6.45, 7) is 1.92. The Balaban J connectivity index is 2.09. The Morgan fingerprint density at radius 2 is 2.06 bits per heavy atom. The molecule has 1 fully saturated rings. The molecule has 17 heavy (non-hydrogen) atoms. The number of rotatable bonds is 1. The highest BCUT2D eigenvalue weighted by atomic mass is 16.1. The van der Waals surface area contributed by atoms with E-state index in [0.29, 0.717) is 17.1 Å². The molecule has 3 rings (SSSR count). The first kappa shape index (κ1) is 10.3. The second-order valence-electron chi connectivity index (χ2n) is 4.46. The fourth-order valence-electron chi connectivity index (χ4n) is 2.31. The molecular formula is C11H15N5O. The highest BCUT2D eigenvalue weighted by Crippen LogP contribution is 2.15. The van der Waals surface area contributed by atoms with Crippen LogP contribution in [0.15, 0.2) is 11.1 Å². The molecule has 0 atom stereocenters. The van der Waals surface area contributed by atoms with Crippen LogP contribution in [0.4, 0.5) is 5.95 Å². The Morgan fingerprint density at radius 1 is 1.29 bits per heavy atom. The zero-order valence-electron chi connectivity index (χ0n) is 9.81. The maximum atomic E-state index is 11.9. The number of nitrogens with one attached hydrogen (secondary N) is 1. The number of nitrogens with zero attached hydrogens (tertiary/aromatic N) is 4. The summed E-state index contributed by atoms with van der Waals surface area (Å²) in [6.07, 6.45) is 5.19. The normalized spacial score (nSPS) is 16.6. The summed E-state index contributed by atoms with van der Waals surface area (Å²) in [4.78, 5) is 25.5. The van der Waals surface area contributed by atoms with Crippen molar-refractivity contribution >= 4 is 17.1 Å². The van der Waals surface area contributed by atoms with Crippen LogP contribution in [0.2, 0.25) is 0 Å². The summed E-state index contributed by atoms with van der Waals surface area (Å²) in [5, 5.41) is 0. The van der Waals surface area contributed by atoms with Crippen LogP contribution in [-0.2, 0) is 7.05 Å². The minimum absolute atomic E-state index is 0.115. The van der Waals surface area contributed by atoms with Crippen molar-refractivity contribution in [2.24, 2.45) is 7.05 Å². The number of aromatic amines is 1. The van der Waals surface area contributed by atoms with Gasteiger partial charge in [0.2, 0.25) is 5.95 Å². The van der Waals surface area contributed by atoms with Gasteiger partial charge in [-0.3, -0.25) is 9.78 Å². The molecule has 3 heterocycles. The Labute approximate surface area is 98.3 Å². The lowest BCUT2D eigenvalue weighted by Gasteiger charge is -2.26. The predicted octanol–water partition coefficient (Wildman–Crippen LogP) is 0.647. The van der Waals surface area contributed by atoms with Gasteiger partial charge in [-0.25, -0.2) is 4.98 Å². The Morgan fingerprint density at radius 3 is 2.82 bits per heavy atom. The van der Waals surface area contributed by atoms with E-state index >= 15 is 0 Å².